The standard InChI is InChI=1S/C37H38N4O3/c1-25(27-13-18-31(44-2)19-14-27)38-36(42)29-15-20-33-32(23-29)34(37(43)40-33)35(28-9-5-3-6-10-28)39-30-16-11-26(12-17-30)24-41-21-7-4-8-22-41/h3,5-6,9-20,23,25,40,43H,4,7-8,21-22,24H2,1-2H3,(H,38,42)/t25-/m0/s1. The molecule has 7 heteroatoms. The summed E-state index contributed by atoms with van der Waals surface area (Å²) in [6.07, 6.45) is 3.85. The van der Waals surface area contributed by atoms with Crippen LogP contribution in [0.2, 0.25) is 0 Å². The van der Waals surface area contributed by atoms with Gasteiger partial charge in [-0.1, -0.05) is 61.0 Å². The lowest BCUT2D eigenvalue weighted by molar-refractivity contribution is 0.0940. The molecule has 0 bridgehead atoms. The van der Waals surface area contributed by atoms with Crippen LogP contribution in [0.4, 0.5) is 5.69 Å². The van der Waals surface area contributed by atoms with Crippen LogP contribution in [0.1, 0.15) is 64.8 Å². The number of aromatic amines is 1. The van der Waals surface area contributed by atoms with Gasteiger partial charge in [0.05, 0.1) is 30.1 Å². The molecule has 7 nitrogen and oxygen atoms in total. The minimum Gasteiger partial charge on any atom is -0.497 e. The summed E-state index contributed by atoms with van der Waals surface area (Å²) in [7, 11) is 1.63. The number of fused-ring (bicyclic) bond motifs is 1. The maximum Gasteiger partial charge on any atom is 0.251 e. The van der Waals surface area contributed by atoms with Gasteiger partial charge in [-0.05, 0) is 86.4 Å². The minimum absolute atomic E-state index is 0.00785. The van der Waals surface area contributed by atoms with Crippen LogP contribution in [0.3, 0.4) is 0 Å². The molecule has 0 unspecified atom stereocenters. The fourth-order valence-corrected chi connectivity index (χ4v) is 5.86. The third kappa shape index (κ3) is 6.53. The van der Waals surface area contributed by atoms with E-state index in [0.29, 0.717) is 16.8 Å². The fourth-order valence-electron chi connectivity index (χ4n) is 5.86. The summed E-state index contributed by atoms with van der Waals surface area (Å²) in [4.78, 5) is 24.0. The van der Waals surface area contributed by atoms with E-state index in [-0.39, 0.29) is 17.8 Å². The number of amides is 1. The van der Waals surface area contributed by atoms with Gasteiger partial charge in [0, 0.05) is 28.6 Å². The van der Waals surface area contributed by atoms with Crippen molar-refractivity contribution in [1.82, 2.24) is 15.2 Å². The normalized spacial score (nSPS) is 14.8. The third-order valence-electron chi connectivity index (χ3n) is 8.32. The number of aromatic nitrogens is 1. The van der Waals surface area contributed by atoms with Crippen molar-refractivity contribution in [1.29, 1.82) is 0 Å². The number of carbonyl (C=O) groups is 1. The molecule has 0 saturated carbocycles. The molecule has 1 aromatic heterocycles. The van der Waals surface area contributed by atoms with Gasteiger partial charge in [-0.3, -0.25) is 9.69 Å². The predicted octanol–water partition coefficient (Wildman–Crippen LogP) is 7.53. The van der Waals surface area contributed by atoms with Crippen LogP contribution in [0.5, 0.6) is 11.6 Å². The second-order valence-electron chi connectivity index (χ2n) is 11.4. The van der Waals surface area contributed by atoms with Gasteiger partial charge in [-0.2, -0.15) is 0 Å². The number of aromatic hydroxyl groups is 1. The van der Waals surface area contributed by atoms with E-state index in [0.717, 1.165) is 53.1 Å². The van der Waals surface area contributed by atoms with Gasteiger partial charge in [0.1, 0.15) is 5.75 Å². The van der Waals surface area contributed by atoms with E-state index in [2.05, 4.69) is 27.3 Å². The summed E-state index contributed by atoms with van der Waals surface area (Å²) in [5, 5.41) is 15.0. The summed E-state index contributed by atoms with van der Waals surface area (Å²) in [6.45, 7) is 5.20. The zero-order chi connectivity index (χ0) is 30.5. The molecule has 3 N–H and O–H groups in total. The highest BCUT2D eigenvalue weighted by molar-refractivity contribution is 6.22. The van der Waals surface area contributed by atoms with E-state index in [1.807, 2.05) is 85.8 Å². The number of aliphatic imine (C=N–C) groups is 1. The van der Waals surface area contributed by atoms with Gasteiger partial charge in [-0.25, -0.2) is 4.99 Å². The lowest BCUT2D eigenvalue weighted by atomic mass is 9.99. The highest BCUT2D eigenvalue weighted by Gasteiger charge is 2.21. The van der Waals surface area contributed by atoms with Crippen molar-refractivity contribution in [2.75, 3.05) is 20.2 Å². The van der Waals surface area contributed by atoms with Crippen molar-refractivity contribution < 1.29 is 14.6 Å². The van der Waals surface area contributed by atoms with Gasteiger partial charge in [0.15, 0.2) is 5.88 Å². The number of nitrogens with zero attached hydrogens (tertiary/aromatic N) is 2. The number of methoxy groups -OCH3 is 1. The van der Waals surface area contributed by atoms with Crippen molar-refractivity contribution in [3.8, 4) is 11.6 Å². The highest BCUT2D eigenvalue weighted by atomic mass is 16.5. The van der Waals surface area contributed by atoms with Crippen LogP contribution in [0, 0.1) is 0 Å². The zero-order valence-corrected chi connectivity index (χ0v) is 25.2. The second kappa shape index (κ2) is 13.2. The van der Waals surface area contributed by atoms with Crippen LogP contribution in [-0.2, 0) is 6.54 Å². The Balaban J connectivity index is 1.32. The third-order valence-corrected chi connectivity index (χ3v) is 8.32. The molecule has 0 spiro atoms. The van der Waals surface area contributed by atoms with E-state index in [9.17, 15) is 9.90 Å². The molecule has 0 aliphatic carbocycles. The Bertz CT molecular complexity index is 1750. The highest BCUT2D eigenvalue weighted by Crippen LogP contribution is 2.32. The van der Waals surface area contributed by atoms with E-state index < -0.39 is 0 Å². The molecule has 1 aliphatic heterocycles. The van der Waals surface area contributed by atoms with Crippen molar-refractivity contribution in [3.05, 3.63) is 125 Å². The first kappa shape index (κ1) is 29.2. The van der Waals surface area contributed by atoms with Gasteiger partial charge in [0.2, 0.25) is 0 Å². The Morgan fingerprint density at radius 1 is 0.932 bits per heavy atom. The predicted molar refractivity (Wildman–Crippen MR) is 176 cm³/mol. The number of piperidine rings is 1. The van der Waals surface area contributed by atoms with Crippen molar-refractivity contribution in [2.24, 2.45) is 4.99 Å². The van der Waals surface area contributed by atoms with Crippen LogP contribution >= 0.6 is 0 Å². The monoisotopic (exact) mass is 586 g/mol. The van der Waals surface area contributed by atoms with E-state index in [1.54, 1.807) is 13.2 Å². The number of rotatable bonds is 9. The molecule has 44 heavy (non-hydrogen) atoms. The molecule has 5 aromatic rings. The van der Waals surface area contributed by atoms with Crippen LogP contribution in [0.25, 0.3) is 10.9 Å². The van der Waals surface area contributed by atoms with E-state index in [1.165, 1.54) is 24.8 Å². The smallest absolute Gasteiger partial charge is 0.251 e. The molecule has 2 heterocycles. The summed E-state index contributed by atoms with van der Waals surface area (Å²) in [6, 6.07) is 31.0. The largest absolute Gasteiger partial charge is 0.497 e. The minimum atomic E-state index is -0.206. The average Bonchev–Trinajstić information content (AvgIpc) is 3.39. The van der Waals surface area contributed by atoms with Crippen molar-refractivity contribution in [2.45, 2.75) is 38.8 Å². The van der Waals surface area contributed by atoms with E-state index in [4.69, 9.17) is 9.73 Å². The first-order valence-electron chi connectivity index (χ1n) is 15.2. The molecule has 1 saturated heterocycles. The average molecular weight is 587 g/mol. The molecule has 1 atom stereocenters. The van der Waals surface area contributed by atoms with Crippen molar-refractivity contribution in [3.63, 3.8) is 0 Å². The van der Waals surface area contributed by atoms with Crippen LogP contribution in [0.15, 0.2) is 102 Å². The first-order valence-corrected chi connectivity index (χ1v) is 15.2. The molecule has 4 aromatic carbocycles. The van der Waals surface area contributed by atoms with Crippen LogP contribution < -0.4 is 10.1 Å². The summed E-state index contributed by atoms with van der Waals surface area (Å²) < 4.78 is 5.25. The topological polar surface area (TPSA) is 89.9 Å². The number of hydrogen-bond donors (Lipinski definition) is 3. The van der Waals surface area contributed by atoms with Gasteiger partial charge in [0.25, 0.3) is 5.91 Å². The maximum absolute atomic E-state index is 13.4. The number of benzene rings is 4. The molecule has 6 rings (SSSR count). The number of hydrogen-bond acceptors (Lipinski definition) is 5. The molecular weight excluding hydrogens is 548 g/mol. The summed E-state index contributed by atoms with van der Waals surface area (Å²) in [5.41, 5.74) is 6.29. The van der Waals surface area contributed by atoms with Crippen LogP contribution in [-0.4, -0.2) is 46.8 Å². The number of H-pyrrole nitrogens is 1. The molecule has 0 radical (unpaired) electrons. The Morgan fingerprint density at radius 3 is 2.36 bits per heavy atom. The lowest BCUT2D eigenvalue weighted by Crippen LogP contribution is -2.28. The number of likely N-dealkylation sites (tertiary alicyclic amines) is 1. The van der Waals surface area contributed by atoms with Crippen molar-refractivity contribution >= 4 is 28.2 Å². The number of nitrogens with one attached hydrogen (secondary N) is 2. The van der Waals surface area contributed by atoms with E-state index >= 15 is 0 Å². The Hall–Kier alpha value is -4.88. The number of ether oxygens (including phenoxy) is 1. The fraction of sp³-hybridized carbons (Fsp3) is 0.243. The zero-order valence-electron chi connectivity index (χ0n) is 25.2. The molecule has 1 fully saturated rings. The maximum atomic E-state index is 13.4. The second-order valence-corrected chi connectivity index (χ2v) is 11.4. The molecular formula is C37H38N4O3. The Kier molecular flexibility index (Phi) is 8.75. The lowest BCUT2D eigenvalue weighted by Gasteiger charge is -2.26. The Morgan fingerprint density at radius 2 is 1.66 bits per heavy atom. The summed E-state index contributed by atoms with van der Waals surface area (Å²) >= 11 is 0. The SMILES string of the molecule is COc1ccc([C@H](C)NC(=O)c2ccc3[nH]c(O)c(C(=Nc4ccc(CN5CCCCC5)cc4)c4ccccc4)c3c2)cc1. The molecule has 1 aliphatic rings. The summed E-state index contributed by atoms with van der Waals surface area (Å²) in [5.74, 6) is 0.569. The quantitative estimate of drug-likeness (QED) is 0.156. The molecule has 1 amide bonds. The van der Waals surface area contributed by atoms with Gasteiger partial charge in [-0.15, -0.1) is 0 Å². The van der Waals surface area contributed by atoms with Gasteiger partial charge >= 0.3 is 0 Å². The molecule has 224 valence electrons. The Labute approximate surface area is 258 Å². The van der Waals surface area contributed by atoms with Gasteiger partial charge < -0.3 is 20.1 Å². The first-order chi connectivity index (χ1) is 21.5. The number of carbonyl (C=O) groups excluding carboxylic acids is 1.